The number of carbonyl (C=O) groups excluding carboxylic acids is 1. The van der Waals surface area contributed by atoms with Crippen molar-refractivity contribution in [3.63, 3.8) is 0 Å². The van der Waals surface area contributed by atoms with E-state index < -0.39 is 6.10 Å². The van der Waals surface area contributed by atoms with Gasteiger partial charge in [-0.2, -0.15) is 0 Å². The van der Waals surface area contributed by atoms with Gasteiger partial charge < -0.3 is 14.5 Å². The Morgan fingerprint density at radius 3 is 3.05 bits per heavy atom. The van der Waals surface area contributed by atoms with Gasteiger partial charge in [-0.3, -0.25) is 4.79 Å². The maximum atomic E-state index is 13.3. The molecule has 0 N–H and O–H groups in total. The summed E-state index contributed by atoms with van der Waals surface area (Å²) in [5.74, 6) is -0.254. The Morgan fingerprint density at radius 1 is 1.40 bits per heavy atom. The van der Waals surface area contributed by atoms with E-state index in [1.54, 1.807) is 11.0 Å². The highest BCUT2D eigenvalue weighted by atomic mass is 19.1. The first-order chi connectivity index (χ1) is 9.65. The van der Waals surface area contributed by atoms with E-state index in [0.29, 0.717) is 19.7 Å². The first-order valence-corrected chi connectivity index (χ1v) is 7.05. The Morgan fingerprint density at radius 2 is 2.25 bits per heavy atom. The topological polar surface area (TPSA) is 32.8 Å². The maximum absolute atomic E-state index is 13.3. The second-order valence-electron chi connectivity index (χ2n) is 5.49. The summed E-state index contributed by atoms with van der Waals surface area (Å²) in [5.41, 5.74) is 1.74. The fourth-order valence-electron chi connectivity index (χ4n) is 2.90. The van der Waals surface area contributed by atoms with Gasteiger partial charge in [0, 0.05) is 25.3 Å². The van der Waals surface area contributed by atoms with Crippen molar-refractivity contribution in [2.75, 3.05) is 38.2 Å². The van der Waals surface area contributed by atoms with E-state index in [1.165, 1.54) is 12.1 Å². The molecule has 4 nitrogen and oxygen atoms in total. The second-order valence-corrected chi connectivity index (χ2v) is 5.49. The first-order valence-electron chi connectivity index (χ1n) is 7.05. The minimum Gasteiger partial charge on any atom is -0.366 e. The number of benzene rings is 1. The lowest BCUT2D eigenvalue weighted by Crippen LogP contribution is -2.51. The SMILES string of the molecule is CN1CCOC(C(=O)N2CCCc3cc(F)ccc32)C1. The van der Waals surface area contributed by atoms with Gasteiger partial charge in [0.2, 0.25) is 0 Å². The molecule has 1 amide bonds. The molecule has 1 fully saturated rings. The summed E-state index contributed by atoms with van der Waals surface area (Å²) in [7, 11) is 1.99. The van der Waals surface area contributed by atoms with E-state index >= 15 is 0 Å². The summed E-state index contributed by atoms with van der Waals surface area (Å²) >= 11 is 0. The normalized spacial score (nSPS) is 23.5. The third-order valence-electron chi connectivity index (χ3n) is 3.97. The predicted molar refractivity (Wildman–Crippen MR) is 74.3 cm³/mol. The van der Waals surface area contributed by atoms with Crippen LogP contribution in [0.4, 0.5) is 10.1 Å². The summed E-state index contributed by atoms with van der Waals surface area (Å²) in [6.45, 7) is 2.73. The molecule has 2 aliphatic rings. The van der Waals surface area contributed by atoms with E-state index in [9.17, 15) is 9.18 Å². The minimum absolute atomic E-state index is 0.0101. The molecule has 1 saturated heterocycles. The zero-order valence-corrected chi connectivity index (χ0v) is 11.6. The molecular weight excluding hydrogens is 259 g/mol. The van der Waals surface area contributed by atoms with E-state index in [2.05, 4.69) is 4.90 Å². The average Bonchev–Trinajstić information content (AvgIpc) is 2.45. The Labute approximate surface area is 118 Å². The van der Waals surface area contributed by atoms with Crippen LogP contribution in [0.1, 0.15) is 12.0 Å². The van der Waals surface area contributed by atoms with Crippen molar-refractivity contribution < 1.29 is 13.9 Å². The van der Waals surface area contributed by atoms with Crippen LogP contribution in [0.2, 0.25) is 0 Å². The van der Waals surface area contributed by atoms with Crippen molar-refractivity contribution in [1.29, 1.82) is 0 Å². The van der Waals surface area contributed by atoms with Crippen LogP contribution in [0.15, 0.2) is 18.2 Å². The van der Waals surface area contributed by atoms with Gasteiger partial charge in [-0.1, -0.05) is 0 Å². The lowest BCUT2D eigenvalue weighted by molar-refractivity contribution is -0.135. The third kappa shape index (κ3) is 2.55. The molecule has 0 saturated carbocycles. The highest BCUT2D eigenvalue weighted by Crippen LogP contribution is 2.28. The van der Waals surface area contributed by atoms with Gasteiger partial charge in [-0.15, -0.1) is 0 Å². The highest BCUT2D eigenvalue weighted by molar-refractivity contribution is 5.97. The zero-order valence-electron chi connectivity index (χ0n) is 11.6. The molecule has 0 aromatic heterocycles. The number of likely N-dealkylation sites (N-methyl/N-ethyl adjacent to an activating group) is 1. The van der Waals surface area contributed by atoms with Gasteiger partial charge in [0.1, 0.15) is 11.9 Å². The van der Waals surface area contributed by atoms with Crippen molar-refractivity contribution in [1.82, 2.24) is 4.90 Å². The monoisotopic (exact) mass is 278 g/mol. The van der Waals surface area contributed by atoms with Crippen molar-refractivity contribution in [2.45, 2.75) is 18.9 Å². The lowest BCUT2D eigenvalue weighted by Gasteiger charge is -2.35. The Balaban J connectivity index is 1.83. The molecule has 0 aliphatic carbocycles. The lowest BCUT2D eigenvalue weighted by atomic mass is 10.0. The minimum atomic E-state index is -0.412. The number of rotatable bonds is 1. The van der Waals surface area contributed by atoms with Crippen LogP contribution in [-0.2, 0) is 16.0 Å². The molecule has 5 heteroatoms. The van der Waals surface area contributed by atoms with Gasteiger partial charge >= 0.3 is 0 Å². The maximum Gasteiger partial charge on any atom is 0.257 e. The molecule has 0 bridgehead atoms. The van der Waals surface area contributed by atoms with E-state index in [-0.39, 0.29) is 11.7 Å². The Hall–Kier alpha value is -1.46. The van der Waals surface area contributed by atoms with Gasteiger partial charge in [0.15, 0.2) is 0 Å². The Kier molecular flexibility index (Phi) is 3.72. The summed E-state index contributed by atoms with van der Waals surface area (Å²) in [5, 5.41) is 0. The summed E-state index contributed by atoms with van der Waals surface area (Å²) in [6.07, 6.45) is 1.28. The summed E-state index contributed by atoms with van der Waals surface area (Å²) < 4.78 is 18.9. The van der Waals surface area contributed by atoms with Gasteiger partial charge in [0.25, 0.3) is 5.91 Å². The number of ether oxygens (including phenoxy) is 1. The van der Waals surface area contributed by atoms with Gasteiger partial charge in [0.05, 0.1) is 6.61 Å². The fraction of sp³-hybridized carbons (Fsp3) is 0.533. The first kappa shape index (κ1) is 13.5. The molecular formula is C15H19FN2O2. The van der Waals surface area contributed by atoms with Crippen LogP contribution in [0, 0.1) is 5.82 Å². The Bertz CT molecular complexity index is 521. The number of aryl methyl sites for hydroxylation is 1. The van der Waals surface area contributed by atoms with Crippen LogP contribution in [0.3, 0.4) is 0 Å². The van der Waals surface area contributed by atoms with Gasteiger partial charge in [-0.05, 0) is 43.7 Å². The molecule has 2 aliphatic heterocycles. The number of hydrogen-bond acceptors (Lipinski definition) is 3. The molecule has 1 aromatic rings. The number of fused-ring (bicyclic) bond motifs is 1. The second kappa shape index (κ2) is 5.50. The molecule has 20 heavy (non-hydrogen) atoms. The summed E-state index contributed by atoms with van der Waals surface area (Å²) in [6, 6.07) is 4.65. The van der Waals surface area contributed by atoms with E-state index in [4.69, 9.17) is 4.74 Å². The van der Waals surface area contributed by atoms with E-state index in [0.717, 1.165) is 30.6 Å². The third-order valence-corrected chi connectivity index (χ3v) is 3.97. The smallest absolute Gasteiger partial charge is 0.257 e. The zero-order chi connectivity index (χ0) is 14.1. The number of halogens is 1. The van der Waals surface area contributed by atoms with Crippen molar-refractivity contribution in [3.8, 4) is 0 Å². The van der Waals surface area contributed by atoms with Crippen LogP contribution >= 0.6 is 0 Å². The van der Waals surface area contributed by atoms with Crippen molar-refractivity contribution in [2.24, 2.45) is 0 Å². The number of hydrogen-bond donors (Lipinski definition) is 0. The standard InChI is InChI=1S/C15H19FN2O2/c1-17-7-8-20-14(10-17)15(19)18-6-2-3-11-9-12(16)4-5-13(11)18/h4-5,9,14H,2-3,6-8,10H2,1H3. The molecule has 2 heterocycles. The number of carbonyl (C=O) groups is 1. The highest BCUT2D eigenvalue weighted by Gasteiger charge is 2.31. The number of nitrogens with zero attached hydrogens (tertiary/aromatic N) is 2. The van der Waals surface area contributed by atoms with E-state index in [1.807, 2.05) is 7.05 Å². The largest absolute Gasteiger partial charge is 0.366 e. The van der Waals surface area contributed by atoms with Gasteiger partial charge in [-0.25, -0.2) is 4.39 Å². The molecule has 3 rings (SSSR count). The van der Waals surface area contributed by atoms with Crippen LogP contribution < -0.4 is 4.90 Å². The average molecular weight is 278 g/mol. The molecule has 108 valence electrons. The quantitative estimate of drug-likeness (QED) is 0.779. The van der Waals surface area contributed by atoms with Crippen LogP contribution in [-0.4, -0.2) is 50.2 Å². The molecule has 1 atom stereocenters. The number of amides is 1. The predicted octanol–water partition coefficient (Wildman–Crippen LogP) is 1.44. The molecule has 0 radical (unpaired) electrons. The fourth-order valence-corrected chi connectivity index (χ4v) is 2.90. The molecule has 1 aromatic carbocycles. The number of morpholine rings is 1. The number of anilines is 1. The van der Waals surface area contributed by atoms with Crippen molar-refractivity contribution >= 4 is 11.6 Å². The van der Waals surface area contributed by atoms with Crippen molar-refractivity contribution in [3.05, 3.63) is 29.6 Å². The molecule has 1 unspecified atom stereocenters. The molecule has 0 spiro atoms. The van der Waals surface area contributed by atoms with Crippen LogP contribution in [0.25, 0.3) is 0 Å². The van der Waals surface area contributed by atoms with Crippen LogP contribution in [0.5, 0.6) is 0 Å². The summed E-state index contributed by atoms with van der Waals surface area (Å²) in [4.78, 5) is 16.5.